The van der Waals surface area contributed by atoms with Crippen molar-refractivity contribution in [2.24, 2.45) is 7.05 Å². The number of likely N-dealkylation sites (tertiary alicyclic amines) is 1. The number of hydrogen-bond acceptors (Lipinski definition) is 3. The van der Waals surface area contributed by atoms with E-state index in [-0.39, 0.29) is 5.91 Å². The van der Waals surface area contributed by atoms with Gasteiger partial charge in [-0.1, -0.05) is 6.42 Å². The molecular weight excluding hydrogens is 290 g/mol. The summed E-state index contributed by atoms with van der Waals surface area (Å²) >= 11 is 0. The lowest BCUT2D eigenvalue weighted by Crippen LogP contribution is -2.34. The summed E-state index contributed by atoms with van der Waals surface area (Å²) in [5.74, 6) is -0.0354. The Kier molecular flexibility index (Phi) is 4.52. The van der Waals surface area contributed by atoms with Crippen molar-refractivity contribution in [3.05, 3.63) is 41.0 Å². The van der Waals surface area contributed by atoms with Crippen LogP contribution in [0.15, 0.2) is 18.3 Å². The zero-order chi connectivity index (χ0) is 16.4. The van der Waals surface area contributed by atoms with E-state index in [2.05, 4.69) is 33.4 Å². The van der Waals surface area contributed by atoms with Crippen LogP contribution in [0.1, 0.15) is 52.7 Å². The summed E-state index contributed by atoms with van der Waals surface area (Å²) in [7, 11) is 3.65. The molecule has 1 atom stereocenters. The van der Waals surface area contributed by atoms with Crippen LogP contribution < -0.4 is 5.32 Å². The molecule has 0 bridgehead atoms. The highest BCUT2D eigenvalue weighted by molar-refractivity contribution is 5.92. The van der Waals surface area contributed by atoms with Crippen molar-refractivity contribution in [2.75, 3.05) is 13.6 Å². The molecule has 0 saturated carbocycles. The van der Waals surface area contributed by atoms with Crippen LogP contribution in [0.5, 0.6) is 0 Å². The van der Waals surface area contributed by atoms with E-state index in [4.69, 9.17) is 0 Å². The Morgan fingerprint density at radius 2 is 2.26 bits per heavy atom. The molecule has 0 aromatic carbocycles. The average molecular weight is 315 g/mol. The molecule has 1 aliphatic rings. The van der Waals surface area contributed by atoms with Gasteiger partial charge in [-0.2, -0.15) is 5.10 Å². The van der Waals surface area contributed by atoms with Crippen LogP contribution >= 0.6 is 0 Å². The lowest BCUT2D eigenvalue weighted by Gasteiger charge is -2.36. The molecule has 2 N–H and O–H groups in total. The van der Waals surface area contributed by atoms with Crippen LogP contribution in [0.25, 0.3) is 0 Å². The number of aryl methyl sites for hydroxylation is 1. The van der Waals surface area contributed by atoms with Crippen molar-refractivity contribution in [3.8, 4) is 0 Å². The number of piperidine rings is 1. The highest BCUT2D eigenvalue weighted by atomic mass is 16.1. The second kappa shape index (κ2) is 6.58. The first-order chi connectivity index (χ1) is 11.1. The minimum Gasteiger partial charge on any atom is -0.354 e. The number of carbonyl (C=O) groups is 1. The van der Waals surface area contributed by atoms with Crippen molar-refractivity contribution < 1.29 is 4.79 Å². The van der Waals surface area contributed by atoms with Crippen LogP contribution in [-0.2, 0) is 13.6 Å². The van der Waals surface area contributed by atoms with Gasteiger partial charge in [-0.3, -0.25) is 14.8 Å². The molecule has 0 aliphatic carbocycles. The van der Waals surface area contributed by atoms with Crippen LogP contribution in [0.2, 0.25) is 0 Å². The van der Waals surface area contributed by atoms with Gasteiger partial charge in [0.25, 0.3) is 5.91 Å². The fourth-order valence-electron chi connectivity index (χ4n) is 3.49. The lowest BCUT2D eigenvalue weighted by atomic mass is 9.98. The monoisotopic (exact) mass is 315 g/mol. The molecule has 6 nitrogen and oxygen atoms in total. The minimum atomic E-state index is -0.0354. The van der Waals surface area contributed by atoms with Gasteiger partial charge in [-0.05, 0) is 38.4 Å². The third kappa shape index (κ3) is 3.03. The highest BCUT2D eigenvalue weighted by Crippen LogP contribution is 2.33. The van der Waals surface area contributed by atoms with Gasteiger partial charge >= 0.3 is 0 Å². The van der Waals surface area contributed by atoms with E-state index >= 15 is 0 Å². The molecular formula is C17H25N5O. The van der Waals surface area contributed by atoms with E-state index in [9.17, 15) is 4.79 Å². The second-order valence-electron chi connectivity index (χ2n) is 6.28. The predicted molar refractivity (Wildman–Crippen MR) is 89.1 cm³/mol. The number of nitrogens with one attached hydrogen (secondary N) is 2. The second-order valence-corrected chi connectivity index (χ2v) is 6.28. The molecule has 1 saturated heterocycles. The molecule has 3 heterocycles. The van der Waals surface area contributed by atoms with Gasteiger partial charge in [0, 0.05) is 37.6 Å². The first-order valence-electron chi connectivity index (χ1n) is 8.22. The molecule has 3 rings (SSSR count). The Hall–Kier alpha value is -2.08. The van der Waals surface area contributed by atoms with Gasteiger partial charge < -0.3 is 9.88 Å². The quantitative estimate of drug-likeness (QED) is 0.908. The summed E-state index contributed by atoms with van der Waals surface area (Å²) in [6.07, 6.45) is 5.50. The van der Waals surface area contributed by atoms with Crippen LogP contribution in [0, 0.1) is 6.92 Å². The van der Waals surface area contributed by atoms with Gasteiger partial charge in [0.05, 0.1) is 12.2 Å². The number of aromatic amines is 1. The van der Waals surface area contributed by atoms with Gasteiger partial charge in [0.2, 0.25) is 0 Å². The van der Waals surface area contributed by atoms with E-state index in [0.29, 0.717) is 11.7 Å². The largest absolute Gasteiger partial charge is 0.354 e. The molecule has 0 radical (unpaired) electrons. The van der Waals surface area contributed by atoms with Crippen molar-refractivity contribution in [2.45, 2.75) is 38.8 Å². The van der Waals surface area contributed by atoms with Gasteiger partial charge in [-0.15, -0.1) is 0 Å². The maximum absolute atomic E-state index is 12.0. The first-order valence-corrected chi connectivity index (χ1v) is 8.22. The van der Waals surface area contributed by atoms with Crippen molar-refractivity contribution in [1.82, 2.24) is 25.0 Å². The Labute approximate surface area is 136 Å². The molecule has 2 aromatic rings. The maximum atomic E-state index is 12.0. The summed E-state index contributed by atoms with van der Waals surface area (Å²) in [6.45, 7) is 4.04. The number of amides is 1. The average Bonchev–Trinajstić information content (AvgIpc) is 3.14. The van der Waals surface area contributed by atoms with E-state index in [1.165, 1.54) is 24.1 Å². The Morgan fingerprint density at radius 3 is 2.96 bits per heavy atom. The van der Waals surface area contributed by atoms with Gasteiger partial charge in [-0.25, -0.2) is 0 Å². The summed E-state index contributed by atoms with van der Waals surface area (Å²) in [5.41, 5.74) is 4.31. The molecule has 1 amide bonds. The van der Waals surface area contributed by atoms with E-state index in [1.54, 1.807) is 7.05 Å². The molecule has 124 valence electrons. The molecule has 2 aromatic heterocycles. The summed E-state index contributed by atoms with van der Waals surface area (Å²) < 4.78 is 2.03. The Balaban J connectivity index is 1.85. The third-order valence-corrected chi connectivity index (χ3v) is 4.88. The number of nitrogens with zero attached hydrogens (tertiary/aromatic N) is 3. The topological polar surface area (TPSA) is 66.0 Å². The zero-order valence-corrected chi connectivity index (χ0v) is 14.1. The van der Waals surface area contributed by atoms with Crippen molar-refractivity contribution >= 4 is 5.91 Å². The predicted octanol–water partition coefficient (Wildman–Crippen LogP) is 2.14. The smallest absolute Gasteiger partial charge is 0.267 e. The van der Waals surface area contributed by atoms with E-state index in [1.807, 2.05) is 23.9 Å². The Morgan fingerprint density at radius 1 is 1.43 bits per heavy atom. The fourth-order valence-corrected chi connectivity index (χ4v) is 3.49. The van der Waals surface area contributed by atoms with E-state index < -0.39 is 0 Å². The zero-order valence-electron chi connectivity index (χ0n) is 14.1. The van der Waals surface area contributed by atoms with Crippen molar-refractivity contribution in [1.29, 1.82) is 0 Å². The van der Waals surface area contributed by atoms with Crippen LogP contribution in [0.4, 0.5) is 0 Å². The Bertz CT molecular complexity index is 687. The van der Waals surface area contributed by atoms with Crippen molar-refractivity contribution in [3.63, 3.8) is 0 Å². The first kappa shape index (κ1) is 15.8. The van der Waals surface area contributed by atoms with Crippen LogP contribution in [-0.4, -0.2) is 39.2 Å². The minimum absolute atomic E-state index is 0.0354. The van der Waals surface area contributed by atoms with E-state index in [0.717, 1.165) is 25.2 Å². The van der Waals surface area contributed by atoms with Crippen LogP contribution in [0.3, 0.4) is 0 Å². The van der Waals surface area contributed by atoms with Gasteiger partial charge in [0.15, 0.2) is 0 Å². The lowest BCUT2D eigenvalue weighted by molar-refractivity contribution is 0.0952. The third-order valence-electron chi connectivity index (χ3n) is 4.88. The summed E-state index contributed by atoms with van der Waals surface area (Å²) in [4.78, 5) is 14.5. The summed E-state index contributed by atoms with van der Waals surface area (Å²) in [5, 5.41) is 9.85. The number of H-pyrrole nitrogens is 1. The normalized spacial score (nSPS) is 19.0. The molecule has 1 aliphatic heterocycles. The summed E-state index contributed by atoms with van der Waals surface area (Å²) in [6, 6.07) is 4.36. The molecule has 6 heteroatoms. The highest BCUT2D eigenvalue weighted by Gasteiger charge is 2.27. The maximum Gasteiger partial charge on any atom is 0.267 e. The molecule has 23 heavy (non-hydrogen) atoms. The molecule has 0 unspecified atom stereocenters. The number of hydrogen-bond donors (Lipinski definition) is 2. The standard InChI is InChI=1S/C17H25N5O/c1-12-13(10-19-20-12)11-22-9-5-4-6-15(22)14-7-8-16(21(14)3)17(23)18-2/h7-8,10,15H,4-6,9,11H2,1-3H3,(H,18,23)(H,19,20)/t15-/m0/s1. The molecule has 0 spiro atoms. The number of rotatable bonds is 4. The number of carbonyl (C=O) groups excluding carboxylic acids is 1. The van der Waals surface area contributed by atoms with Gasteiger partial charge in [0.1, 0.15) is 5.69 Å². The molecule has 1 fully saturated rings. The number of aromatic nitrogens is 3. The fraction of sp³-hybridized carbons (Fsp3) is 0.529. The SMILES string of the molecule is CNC(=O)c1ccc([C@@H]2CCCCN2Cc2cn[nH]c2C)n1C.